The molecule has 4 aliphatic rings. The van der Waals surface area contributed by atoms with E-state index < -0.39 is 12.5 Å². The number of nitrogens with one attached hydrogen (secondary N) is 1. The molecule has 0 aromatic rings. The number of carboxylic acids is 1. The summed E-state index contributed by atoms with van der Waals surface area (Å²) in [7, 11) is 0. The standard InChI is InChI=1S/C26H43NO4.Na/c1-16(4-9-23(29)27-15-24(30)31)20-7-8-21-19-6-5-17-14-18(28)10-12-25(17,2)22(19)11-13-26(20,21)3;/h16-22,28H,4-15H2,1-3H3,(H,27,29)(H,30,31);/q;+1/p-1/t16?,17?,18?,19?,20?,21?,22?,25-,26+;/m0./s1. The monoisotopic (exact) mass is 455 g/mol. The van der Waals surface area contributed by atoms with E-state index in [0.29, 0.717) is 35.0 Å². The van der Waals surface area contributed by atoms with Gasteiger partial charge in [-0.2, -0.15) is 0 Å². The topological polar surface area (TPSA) is 89.5 Å². The number of amides is 1. The number of hydrogen-bond acceptors (Lipinski definition) is 4. The van der Waals surface area contributed by atoms with Crippen LogP contribution >= 0.6 is 0 Å². The van der Waals surface area contributed by atoms with Gasteiger partial charge in [-0.05, 0) is 111 Å². The van der Waals surface area contributed by atoms with Crippen LogP contribution in [0.25, 0.3) is 0 Å². The SMILES string of the molecule is CC(CCC(=O)NCC(=O)[O-])C1CCC2C3CCC4CC(O)CC[C@]4(C)C3CC[C@]12C.[Na+]. The Kier molecular flexibility index (Phi) is 8.49. The quantitative estimate of drug-likeness (QED) is 0.564. The predicted octanol–water partition coefficient (Wildman–Crippen LogP) is 0.293. The summed E-state index contributed by atoms with van der Waals surface area (Å²) in [5.41, 5.74) is 0.795. The summed E-state index contributed by atoms with van der Waals surface area (Å²) in [4.78, 5) is 22.5. The van der Waals surface area contributed by atoms with E-state index in [9.17, 15) is 19.8 Å². The minimum Gasteiger partial charge on any atom is -0.548 e. The first-order valence-corrected chi connectivity index (χ1v) is 12.8. The largest absolute Gasteiger partial charge is 1.00 e. The van der Waals surface area contributed by atoms with Gasteiger partial charge in [0.2, 0.25) is 5.91 Å². The van der Waals surface area contributed by atoms with Gasteiger partial charge in [-0.25, -0.2) is 0 Å². The summed E-state index contributed by atoms with van der Waals surface area (Å²) in [6.07, 6.45) is 12.2. The number of carboxylic acid groups (broad SMARTS) is 1. The molecule has 0 radical (unpaired) electrons. The van der Waals surface area contributed by atoms with Gasteiger partial charge in [-0.3, -0.25) is 4.79 Å². The zero-order chi connectivity index (χ0) is 22.4. The van der Waals surface area contributed by atoms with E-state index >= 15 is 0 Å². The molecule has 2 N–H and O–H groups in total. The number of aliphatic hydroxyl groups is 1. The van der Waals surface area contributed by atoms with Crippen LogP contribution < -0.4 is 40.0 Å². The van der Waals surface area contributed by atoms with Crippen LogP contribution in [0.3, 0.4) is 0 Å². The Morgan fingerprint density at radius 2 is 1.72 bits per heavy atom. The number of rotatable bonds is 6. The predicted molar refractivity (Wildman–Crippen MR) is 118 cm³/mol. The summed E-state index contributed by atoms with van der Waals surface area (Å²) in [5, 5.41) is 23.2. The van der Waals surface area contributed by atoms with Gasteiger partial charge in [0.15, 0.2) is 0 Å². The zero-order valence-electron chi connectivity index (χ0n) is 20.7. The molecule has 176 valence electrons. The molecule has 4 fully saturated rings. The molecule has 7 unspecified atom stereocenters. The molecule has 4 aliphatic carbocycles. The van der Waals surface area contributed by atoms with Crippen molar-refractivity contribution >= 4 is 11.9 Å². The third kappa shape index (κ3) is 4.83. The molecule has 4 saturated carbocycles. The fourth-order valence-corrected chi connectivity index (χ4v) is 9.03. The number of aliphatic hydroxyl groups excluding tert-OH is 1. The van der Waals surface area contributed by atoms with Crippen molar-refractivity contribution in [3.63, 3.8) is 0 Å². The summed E-state index contributed by atoms with van der Waals surface area (Å²) < 4.78 is 0. The first-order chi connectivity index (χ1) is 14.6. The Balaban J connectivity index is 0.00000289. The van der Waals surface area contributed by atoms with E-state index in [0.717, 1.165) is 37.0 Å². The van der Waals surface area contributed by atoms with E-state index in [1.54, 1.807) is 0 Å². The van der Waals surface area contributed by atoms with Crippen LogP contribution in [0.5, 0.6) is 0 Å². The summed E-state index contributed by atoms with van der Waals surface area (Å²) in [6, 6.07) is 0. The van der Waals surface area contributed by atoms with Crippen molar-refractivity contribution in [3.8, 4) is 0 Å². The first kappa shape index (κ1) is 26.5. The van der Waals surface area contributed by atoms with Crippen LogP contribution in [0.4, 0.5) is 0 Å². The fourth-order valence-electron chi connectivity index (χ4n) is 9.03. The maximum Gasteiger partial charge on any atom is 1.00 e. The normalized spacial score (nSPS) is 43.8. The molecule has 0 heterocycles. The molecule has 9 atom stereocenters. The van der Waals surface area contributed by atoms with Gasteiger partial charge in [0.05, 0.1) is 18.6 Å². The van der Waals surface area contributed by atoms with Crippen molar-refractivity contribution in [2.45, 2.75) is 97.5 Å². The Morgan fingerprint density at radius 1 is 1.03 bits per heavy atom. The van der Waals surface area contributed by atoms with E-state index in [-0.39, 0.29) is 41.6 Å². The maximum atomic E-state index is 12.0. The van der Waals surface area contributed by atoms with E-state index in [1.807, 2.05) is 0 Å². The average molecular weight is 456 g/mol. The number of hydrogen-bond donors (Lipinski definition) is 2. The van der Waals surface area contributed by atoms with Gasteiger partial charge in [0, 0.05) is 6.42 Å². The van der Waals surface area contributed by atoms with Crippen LogP contribution in [-0.2, 0) is 9.59 Å². The summed E-state index contributed by atoms with van der Waals surface area (Å²) in [5.74, 6) is 2.89. The van der Waals surface area contributed by atoms with Crippen LogP contribution in [0.15, 0.2) is 0 Å². The van der Waals surface area contributed by atoms with Gasteiger partial charge in [0.1, 0.15) is 0 Å². The molecule has 32 heavy (non-hydrogen) atoms. The van der Waals surface area contributed by atoms with Crippen molar-refractivity contribution in [3.05, 3.63) is 0 Å². The smallest absolute Gasteiger partial charge is 0.548 e. The molecule has 6 heteroatoms. The number of aliphatic carboxylic acids is 1. The minimum absolute atomic E-state index is 0. The molecular formula is C26H42NNaO4. The molecule has 0 spiro atoms. The van der Waals surface area contributed by atoms with Gasteiger partial charge >= 0.3 is 29.6 Å². The maximum absolute atomic E-state index is 12.0. The second-order valence-corrected chi connectivity index (χ2v) is 12.0. The third-order valence-electron chi connectivity index (χ3n) is 10.7. The second-order valence-electron chi connectivity index (χ2n) is 12.0. The Hall–Kier alpha value is -0.100. The molecular weight excluding hydrogens is 413 g/mol. The molecule has 0 aromatic carbocycles. The van der Waals surface area contributed by atoms with Crippen LogP contribution in [0, 0.1) is 46.3 Å². The Bertz CT molecular complexity index is 701. The molecule has 4 rings (SSSR count). The van der Waals surface area contributed by atoms with Crippen LogP contribution in [0.2, 0.25) is 0 Å². The van der Waals surface area contributed by atoms with Crippen molar-refractivity contribution in [1.82, 2.24) is 5.32 Å². The van der Waals surface area contributed by atoms with Gasteiger partial charge in [-0.1, -0.05) is 20.8 Å². The Labute approximate surface area is 216 Å². The first-order valence-electron chi connectivity index (χ1n) is 12.8. The van der Waals surface area contributed by atoms with Crippen molar-refractivity contribution in [1.29, 1.82) is 0 Å². The van der Waals surface area contributed by atoms with E-state index in [2.05, 4.69) is 26.1 Å². The summed E-state index contributed by atoms with van der Waals surface area (Å²) in [6.45, 7) is 6.99. The van der Waals surface area contributed by atoms with Crippen molar-refractivity contribution in [2.75, 3.05) is 6.54 Å². The minimum atomic E-state index is -1.24. The van der Waals surface area contributed by atoms with Crippen LogP contribution in [-0.4, -0.2) is 29.6 Å². The van der Waals surface area contributed by atoms with Crippen LogP contribution in [0.1, 0.15) is 91.4 Å². The molecule has 0 aromatic heterocycles. The molecule has 0 aliphatic heterocycles. The zero-order valence-corrected chi connectivity index (χ0v) is 22.7. The van der Waals surface area contributed by atoms with E-state index in [1.165, 1.54) is 44.9 Å². The molecule has 0 bridgehead atoms. The molecule has 5 nitrogen and oxygen atoms in total. The molecule has 0 saturated heterocycles. The molecule has 1 amide bonds. The van der Waals surface area contributed by atoms with Gasteiger partial charge in [-0.15, -0.1) is 0 Å². The van der Waals surface area contributed by atoms with Gasteiger partial charge < -0.3 is 20.3 Å². The third-order valence-corrected chi connectivity index (χ3v) is 10.7. The summed E-state index contributed by atoms with van der Waals surface area (Å²) >= 11 is 0. The van der Waals surface area contributed by atoms with Crippen molar-refractivity contribution in [2.24, 2.45) is 46.3 Å². The average Bonchev–Trinajstić information content (AvgIpc) is 3.08. The second kappa shape index (κ2) is 10.3. The Morgan fingerprint density at radius 3 is 2.44 bits per heavy atom. The van der Waals surface area contributed by atoms with Crippen molar-refractivity contribution < 1.29 is 49.4 Å². The van der Waals surface area contributed by atoms with Gasteiger partial charge in [0.25, 0.3) is 0 Å². The fraction of sp³-hybridized carbons (Fsp3) is 0.923. The number of fused-ring (bicyclic) bond motifs is 5. The number of carbonyl (C=O) groups is 2. The number of carbonyl (C=O) groups excluding carboxylic acids is 2. The van der Waals surface area contributed by atoms with E-state index in [4.69, 9.17) is 0 Å².